The molecule has 0 radical (unpaired) electrons. The number of benzene rings is 2. The van der Waals surface area contributed by atoms with Gasteiger partial charge in [0.1, 0.15) is 5.82 Å². The first-order valence-electron chi connectivity index (χ1n) is 9.29. The van der Waals surface area contributed by atoms with Crippen molar-refractivity contribution in [2.24, 2.45) is 0 Å². The van der Waals surface area contributed by atoms with E-state index < -0.39 is 0 Å². The molecule has 1 heterocycles. The molecule has 1 aliphatic rings. The zero-order chi connectivity index (χ0) is 18.6. The number of nitrogens with zero attached hydrogens (tertiary/aromatic N) is 3. The summed E-state index contributed by atoms with van der Waals surface area (Å²) in [6.07, 6.45) is 6.03. The molecule has 1 saturated carbocycles. The summed E-state index contributed by atoms with van der Waals surface area (Å²) in [5.41, 5.74) is 1.70. The molecule has 0 saturated heterocycles. The minimum atomic E-state index is -0.276. The smallest absolute Gasteiger partial charge is 0.192 e. The summed E-state index contributed by atoms with van der Waals surface area (Å²) in [5.74, 6) is 1.13. The van der Waals surface area contributed by atoms with Crippen LogP contribution >= 0.6 is 23.4 Å². The zero-order valence-electron chi connectivity index (χ0n) is 14.9. The second kappa shape index (κ2) is 8.44. The molecule has 0 unspecified atom stereocenters. The van der Waals surface area contributed by atoms with E-state index in [4.69, 9.17) is 11.6 Å². The van der Waals surface area contributed by atoms with Crippen LogP contribution < -0.4 is 0 Å². The van der Waals surface area contributed by atoms with Crippen LogP contribution in [0.2, 0.25) is 5.02 Å². The van der Waals surface area contributed by atoms with E-state index in [1.165, 1.54) is 37.1 Å². The quantitative estimate of drug-likeness (QED) is 0.455. The molecule has 1 aromatic heterocycles. The van der Waals surface area contributed by atoms with Gasteiger partial charge in [-0.05, 0) is 30.5 Å². The molecule has 3 aromatic rings. The molecule has 0 spiro atoms. The standard InChI is InChI=1S/C21H21ClFN3S/c22-17-12-11-16(19(23)13-17)14-27-21-25-24-20(15-7-3-1-4-8-15)26(21)18-9-5-2-6-10-18/h1,3-4,7-8,11-13,18H,2,5-6,9-10,14H2. The van der Waals surface area contributed by atoms with Gasteiger partial charge in [0.15, 0.2) is 11.0 Å². The van der Waals surface area contributed by atoms with E-state index in [-0.39, 0.29) is 5.82 Å². The van der Waals surface area contributed by atoms with E-state index in [1.807, 2.05) is 18.2 Å². The molecule has 4 rings (SSSR count). The topological polar surface area (TPSA) is 30.7 Å². The number of hydrogen-bond acceptors (Lipinski definition) is 3. The normalized spacial score (nSPS) is 15.2. The van der Waals surface area contributed by atoms with Gasteiger partial charge in [-0.25, -0.2) is 4.39 Å². The molecule has 0 bridgehead atoms. The van der Waals surface area contributed by atoms with Crippen LogP contribution in [-0.2, 0) is 5.75 Å². The predicted molar refractivity (Wildman–Crippen MR) is 109 cm³/mol. The third kappa shape index (κ3) is 4.19. The third-order valence-electron chi connectivity index (χ3n) is 5.01. The second-order valence-corrected chi connectivity index (χ2v) is 8.24. The van der Waals surface area contributed by atoms with Crippen molar-refractivity contribution in [2.45, 2.75) is 49.1 Å². The fourth-order valence-corrected chi connectivity index (χ4v) is 4.76. The van der Waals surface area contributed by atoms with E-state index in [9.17, 15) is 4.39 Å². The Labute approximate surface area is 168 Å². The van der Waals surface area contributed by atoms with Crippen LogP contribution in [0.25, 0.3) is 11.4 Å². The van der Waals surface area contributed by atoms with Crippen LogP contribution in [0, 0.1) is 5.82 Å². The maximum atomic E-state index is 14.1. The summed E-state index contributed by atoms with van der Waals surface area (Å²) in [6, 6.07) is 15.4. The van der Waals surface area contributed by atoms with E-state index >= 15 is 0 Å². The molecule has 0 aliphatic heterocycles. The maximum absolute atomic E-state index is 14.1. The van der Waals surface area contributed by atoms with Crippen molar-refractivity contribution < 1.29 is 4.39 Å². The highest BCUT2D eigenvalue weighted by molar-refractivity contribution is 7.98. The first-order valence-corrected chi connectivity index (χ1v) is 10.7. The summed E-state index contributed by atoms with van der Waals surface area (Å²) in [7, 11) is 0. The third-order valence-corrected chi connectivity index (χ3v) is 6.24. The molecule has 6 heteroatoms. The van der Waals surface area contributed by atoms with Gasteiger partial charge in [0.25, 0.3) is 0 Å². The van der Waals surface area contributed by atoms with Gasteiger partial charge >= 0.3 is 0 Å². The average molecular weight is 402 g/mol. The van der Waals surface area contributed by atoms with E-state index in [2.05, 4.69) is 26.9 Å². The molecule has 1 fully saturated rings. The monoisotopic (exact) mass is 401 g/mol. The lowest BCUT2D eigenvalue weighted by atomic mass is 9.95. The highest BCUT2D eigenvalue weighted by Gasteiger charge is 2.24. The minimum absolute atomic E-state index is 0.276. The molecule has 140 valence electrons. The SMILES string of the molecule is Fc1cc(Cl)ccc1CSc1nnc(-c2ccccc2)n1C1CCCCC1. The predicted octanol–water partition coefficient (Wildman–Crippen LogP) is 6.54. The van der Waals surface area contributed by atoms with Gasteiger partial charge in [-0.15, -0.1) is 10.2 Å². The van der Waals surface area contributed by atoms with Gasteiger partial charge in [0.05, 0.1) is 0 Å². The lowest BCUT2D eigenvalue weighted by Gasteiger charge is -2.25. The summed E-state index contributed by atoms with van der Waals surface area (Å²) in [5, 5.41) is 10.2. The number of thioether (sulfide) groups is 1. The van der Waals surface area contributed by atoms with Crippen molar-refractivity contribution in [3.8, 4) is 11.4 Å². The molecular formula is C21H21ClFN3S. The van der Waals surface area contributed by atoms with Crippen LogP contribution in [0.1, 0.15) is 43.7 Å². The molecule has 3 nitrogen and oxygen atoms in total. The Balaban J connectivity index is 1.64. The Bertz CT molecular complexity index is 907. The molecule has 0 atom stereocenters. The zero-order valence-corrected chi connectivity index (χ0v) is 16.5. The van der Waals surface area contributed by atoms with E-state index in [1.54, 1.807) is 12.1 Å². The highest BCUT2D eigenvalue weighted by Crippen LogP contribution is 2.36. The largest absolute Gasteiger partial charge is 0.299 e. The van der Waals surface area contributed by atoms with Crippen LogP contribution in [0.15, 0.2) is 53.7 Å². The van der Waals surface area contributed by atoms with Gasteiger partial charge in [0, 0.05) is 22.4 Å². The fourth-order valence-electron chi connectivity index (χ4n) is 3.61. The highest BCUT2D eigenvalue weighted by atomic mass is 35.5. The Morgan fingerprint density at radius 3 is 2.56 bits per heavy atom. The number of hydrogen-bond donors (Lipinski definition) is 0. The molecule has 2 aromatic carbocycles. The summed E-state index contributed by atoms with van der Waals surface area (Å²) >= 11 is 7.39. The van der Waals surface area contributed by atoms with Crippen molar-refractivity contribution in [2.75, 3.05) is 0 Å². The van der Waals surface area contributed by atoms with Gasteiger partial charge in [-0.3, -0.25) is 4.57 Å². The van der Waals surface area contributed by atoms with Crippen LogP contribution in [0.3, 0.4) is 0 Å². The maximum Gasteiger partial charge on any atom is 0.192 e. The van der Waals surface area contributed by atoms with Crippen LogP contribution in [0.5, 0.6) is 0 Å². The van der Waals surface area contributed by atoms with Crippen LogP contribution in [-0.4, -0.2) is 14.8 Å². The molecule has 0 amide bonds. The molecule has 1 aliphatic carbocycles. The van der Waals surface area contributed by atoms with E-state index in [0.717, 1.165) is 29.4 Å². The van der Waals surface area contributed by atoms with Gasteiger partial charge in [-0.2, -0.15) is 0 Å². The molecular weight excluding hydrogens is 381 g/mol. The van der Waals surface area contributed by atoms with Crippen LogP contribution in [0.4, 0.5) is 4.39 Å². The lowest BCUT2D eigenvalue weighted by molar-refractivity contribution is 0.339. The van der Waals surface area contributed by atoms with Crippen molar-refractivity contribution >= 4 is 23.4 Å². The van der Waals surface area contributed by atoms with Crippen molar-refractivity contribution in [3.05, 3.63) is 64.9 Å². The van der Waals surface area contributed by atoms with Crippen molar-refractivity contribution in [1.29, 1.82) is 0 Å². The number of halogens is 2. The minimum Gasteiger partial charge on any atom is -0.299 e. The molecule has 27 heavy (non-hydrogen) atoms. The summed E-state index contributed by atoms with van der Waals surface area (Å²) in [6.45, 7) is 0. The molecule has 0 N–H and O–H groups in total. The summed E-state index contributed by atoms with van der Waals surface area (Å²) < 4.78 is 16.4. The Morgan fingerprint density at radius 1 is 1.04 bits per heavy atom. The average Bonchev–Trinajstić information content (AvgIpc) is 3.12. The Morgan fingerprint density at radius 2 is 1.81 bits per heavy atom. The fraction of sp³-hybridized carbons (Fsp3) is 0.333. The number of rotatable bonds is 5. The summed E-state index contributed by atoms with van der Waals surface area (Å²) in [4.78, 5) is 0. The first-order chi connectivity index (χ1) is 13.2. The van der Waals surface area contributed by atoms with Gasteiger partial charge < -0.3 is 0 Å². The van der Waals surface area contributed by atoms with Crippen molar-refractivity contribution in [3.63, 3.8) is 0 Å². The van der Waals surface area contributed by atoms with E-state index in [0.29, 0.717) is 22.4 Å². The first kappa shape index (κ1) is 18.5. The lowest BCUT2D eigenvalue weighted by Crippen LogP contribution is -2.15. The van der Waals surface area contributed by atoms with Gasteiger partial charge in [0.2, 0.25) is 0 Å². The van der Waals surface area contributed by atoms with Crippen molar-refractivity contribution in [1.82, 2.24) is 14.8 Å². The van der Waals surface area contributed by atoms with Gasteiger partial charge in [-0.1, -0.05) is 79.0 Å². The Kier molecular flexibility index (Phi) is 5.79. The second-order valence-electron chi connectivity index (χ2n) is 6.86. The Hall–Kier alpha value is -1.85. The number of aromatic nitrogens is 3.